The molecule has 158 valence electrons. The van der Waals surface area contributed by atoms with Gasteiger partial charge in [0.1, 0.15) is 5.75 Å². The Labute approximate surface area is 174 Å². The van der Waals surface area contributed by atoms with E-state index in [0.717, 1.165) is 11.1 Å². The van der Waals surface area contributed by atoms with E-state index in [1.54, 1.807) is 29.2 Å². The maximum atomic E-state index is 12.4. The number of hydrogen-bond acceptors (Lipinski definition) is 3. The molecule has 1 fully saturated rings. The Morgan fingerprint density at radius 3 is 2.37 bits per heavy atom. The van der Waals surface area contributed by atoms with Crippen molar-refractivity contribution in [3.63, 3.8) is 0 Å². The molecule has 1 aliphatic rings. The number of amides is 2. The highest BCUT2D eigenvalue weighted by atomic mass is 19.3. The molecule has 0 atom stereocenters. The Bertz CT molecular complexity index is 862. The van der Waals surface area contributed by atoms with Crippen molar-refractivity contribution in [1.29, 1.82) is 0 Å². The molecule has 1 N–H and O–H groups in total. The van der Waals surface area contributed by atoms with Crippen LogP contribution in [0, 0.1) is 5.92 Å². The largest absolute Gasteiger partial charge is 0.435 e. The second-order valence-electron chi connectivity index (χ2n) is 7.08. The molecule has 0 aliphatic carbocycles. The van der Waals surface area contributed by atoms with Gasteiger partial charge >= 0.3 is 6.61 Å². The molecule has 0 saturated carbocycles. The van der Waals surface area contributed by atoms with Gasteiger partial charge in [-0.3, -0.25) is 9.59 Å². The highest BCUT2D eigenvalue weighted by molar-refractivity contribution is 5.92. The van der Waals surface area contributed by atoms with Crippen LogP contribution in [0.3, 0.4) is 0 Å². The lowest BCUT2D eigenvalue weighted by atomic mass is 9.95. The number of benzene rings is 2. The van der Waals surface area contributed by atoms with Crippen molar-refractivity contribution < 1.29 is 23.1 Å². The maximum absolute atomic E-state index is 12.4. The zero-order valence-electron chi connectivity index (χ0n) is 16.5. The number of nitrogens with one attached hydrogen (secondary N) is 1. The summed E-state index contributed by atoms with van der Waals surface area (Å²) in [5.74, 6) is -0.175. The van der Waals surface area contributed by atoms with Crippen LogP contribution in [-0.2, 0) is 16.1 Å². The molecule has 0 aromatic heterocycles. The van der Waals surface area contributed by atoms with E-state index >= 15 is 0 Å². The van der Waals surface area contributed by atoms with Crippen LogP contribution in [0.2, 0.25) is 0 Å². The number of carbonyl (C=O) groups is 2. The van der Waals surface area contributed by atoms with Gasteiger partial charge in [-0.2, -0.15) is 8.78 Å². The first-order chi connectivity index (χ1) is 14.5. The topological polar surface area (TPSA) is 58.6 Å². The number of piperidine rings is 1. The Hall–Kier alpha value is -3.22. The van der Waals surface area contributed by atoms with Gasteiger partial charge in [-0.15, -0.1) is 0 Å². The molecule has 7 heteroatoms. The Morgan fingerprint density at radius 1 is 1.07 bits per heavy atom. The van der Waals surface area contributed by atoms with Crippen molar-refractivity contribution in [1.82, 2.24) is 10.2 Å². The lowest BCUT2D eigenvalue weighted by Crippen LogP contribution is -2.42. The van der Waals surface area contributed by atoms with Crippen LogP contribution < -0.4 is 10.1 Å². The van der Waals surface area contributed by atoms with Crippen molar-refractivity contribution in [3.8, 4) is 5.75 Å². The van der Waals surface area contributed by atoms with Gasteiger partial charge in [0.2, 0.25) is 11.8 Å². The minimum absolute atomic E-state index is 0.0520. The first kappa shape index (κ1) is 21.5. The second kappa shape index (κ2) is 10.5. The molecule has 1 aliphatic heterocycles. The SMILES string of the molecule is O=C(NCc1ccc(OC(F)F)cc1)C1CCN(C(=O)C=Cc2ccccc2)CC1. The maximum Gasteiger partial charge on any atom is 0.387 e. The van der Waals surface area contributed by atoms with E-state index in [4.69, 9.17) is 0 Å². The zero-order valence-corrected chi connectivity index (χ0v) is 16.5. The summed E-state index contributed by atoms with van der Waals surface area (Å²) in [6.07, 6.45) is 4.58. The van der Waals surface area contributed by atoms with Gasteiger partial charge in [-0.25, -0.2) is 0 Å². The Kier molecular flexibility index (Phi) is 7.54. The Balaban J connectivity index is 1.41. The monoisotopic (exact) mass is 414 g/mol. The van der Waals surface area contributed by atoms with E-state index in [9.17, 15) is 18.4 Å². The molecule has 0 spiro atoms. The summed E-state index contributed by atoms with van der Waals surface area (Å²) in [6, 6.07) is 15.8. The zero-order chi connectivity index (χ0) is 21.3. The molecule has 1 saturated heterocycles. The van der Waals surface area contributed by atoms with E-state index in [2.05, 4.69) is 10.1 Å². The minimum Gasteiger partial charge on any atom is -0.435 e. The van der Waals surface area contributed by atoms with Gasteiger partial charge in [-0.05, 0) is 42.2 Å². The second-order valence-corrected chi connectivity index (χ2v) is 7.08. The number of rotatable bonds is 7. The van der Waals surface area contributed by atoms with Crippen molar-refractivity contribution >= 4 is 17.9 Å². The predicted octanol–water partition coefficient (Wildman–Crippen LogP) is 3.86. The molecular formula is C23H24F2N2O3. The lowest BCUT2D eigenvalue weighted by molar-refractivity contribution is -0.132. The summed E-state index contributed by atoms with van der Waals surface area (Å²) in [7, 11) is 0. The predicted molar refractivity (Wildman–Crippen MR) is 110 cm³/mol. The standard InChI is InChI=1S/C23H24F2N2O3/c24-23(25)30-20-9-6-18(7-10-20)16-26-22(29)19-12-14-27(15-13-19)21(28)11-8-17-4-2-1-3-5-17/h1-11,19,23H,12-16H2,(H,26,29). The molecule has 0 unspecified atom stereocenters. The summed E-state index contributed by atoms with van der Waals surface area (Å²) >= 11 is 0. The Morgan fingerprint density at radius 2 is 1.73 bits per heavy atom. The fraction of sp³-hybridized carbons (Fsp3) is 0.304. The summed E-state index contributed by atoms with van der Waals surface area (Å²) in [6.45, 7) is -1.47. The molecule has 5 nitrogen and oxygen atoms in total. The molecule has 0 bridgehead atoms. The smallest absolute Gasteiger partial charge is 0.387 e. The third kappa shape index (κ3) is 6.40. The van der Waals surface area contributed by atoms with Gasteiger partial charge in [0.05, 0.1) is 0 Å². The molecule has 2 aromatic rings. The van der Waals surface area contributed by atoms with E-state index in [1.165, 1.54) is 12.1 Å². The summed E-state index contributed by atoms with van der Waals surface area (Å²) < 4.78 is 28.6. The average molecular weight is 414 g/mol. The number of carbonyl (C=O) groups excluding carboxylic acids is 2. The summed E-state index contributed by atoms with van der Waals surface area (Å²) in [5, 5.41) is 2.87. The van der Waals surface area contributed by atoms with Crippen LogP contribution in [0.5, 0.6) is 5.75 Å². The molecule has 0 radical (unpaired) electrons. The van der Waals surface area contributed by atoms with Gasteiger partial charge in [0.15, 0.2) is 0 Å². The number of ether oxygens (including phenoxy) is 1. The van der Waals surface area contributed by atoms with Gasteiger partial charge in [-0.1, -0.05) is 42.5 Å². The number of likely N-dealkylation sites (tertiary alicyclic amines) is 1. The molecule has 3 rings (SSSR count). The van der Waals surface area contributed by atoms with Crippen LogP contribution in [0.15, 0.2) is 60.7 Å². The number of hydrogen-bond donors (Lipinski definition) is 1. The molecule has 2 aromatic carbocycles. The highest BCUT2D eigenvalue weighted by Gasteiger charge is 2.26. The molecular weight excluding hydrogens is 390 g/mol. The molecule has 30 heavy (non-hydrogen) atoms. The first-order valence-electron chi connectivity index (χ1n) is 9.85. The normalized spacial score (nSPS) is 14.8. The average Bonchev–Trinajstić information content (AvgIpc) is 2.77. The van der Waals surface area contributed by atoms with Crippen LogP contribution in [0.25, 0.3) is 6.08 Å². The van der Waals surface area contributed by atoms with Crippen molar-refractivity contribution in [2.75, 3.05) is 13.1 Å². The van der Waals surface area contributed by atoms with Crippen LogP contribution in [-0.4, -0.2) is 36.4 Å². The third-order valence-corrected chi connectivity index (χ3v) is 5.01. The van der Waals surface area contributed by atoms with Gasteiger partial charge in [0, 0.05) is 31.6 Å². The molecule has 1 heterocycles. The van der Waals surface area contributed by atoms with Crippen LogP contribution >= 0.6 is 0 Å². The van der Waals surface area contributed by atoms with Crippen molar-refractivity contribution in [2.45, 2.75) is 26.0 Å². The van der Waals surface area contributed by atoms with Crippen molar-refractivity contribution in [3.05, 3.63) is 71.8 Å². The lowest BCUT2D eigenvalue weighted by Gasteiger charge is -2.30. The van der Waals surface area contributed by atoms with E-state index in [0.29, 0.717) is 32.5 Å². The number of halogens is 2. The quantitative estimate of drug-likeness (QED) is 0.700. The fourth-order valence-corrected chi connectivity index (χ4v) is 3.32. The van der Waals surface area contributed by atoms with Gasteiger partial charge in [0.25, 0.3) is 0 Å². The number of alkyl halides is 2. The van der Waals surface area contributed by atoms with Crippen LogP contribution in [0.4, 0.5) is 8.78 Å². The van der Waals surface area contributed by atoms with E-state index in [1.807, 2.05) is 30.3 Å². The highest BCUT2D eigenvalue weighted by Crippen LogP contribution is 2.19. The van der Waals surface area contributed by atoms with Crippen LogP contribution in [0.1, 0.15) is 24.0 Å². The van der Waals surface area contributed by atoms with E-state index in [-0.39, 0.29) is 23.5 Å². The minimum atomic E-state index is -2.86. The van der Waals surface area contributed by atoms with Gasteiger partial charge < -0.3 is 15.0 Å². The van der Waals surface area contributed by atoms with E-state index < -0.39 is 6.61 Å². The number of nitrogens with zero attached hydrogens (tertiary/aromatic N) is 1. The molecule has 2 amide bonds. The first-order valence-corrected chi connectivity index (χ1v) is 9.85. The summed E-state index contributed by atoms with van der Waals surface area (Å²) in [5.41, 5.74) is 1.76. The van der Waals surface area contributed by atoms with Crippen molar-refractivity contribution in [2.24, 2.45) is 5.92 Å². The third-order valence-electron chi connectivity index (χ3n) is 5.01. The fourth-order valence-electron chi connectivity index (χ4n) is 3.32. The summed E-state index contributed by atoms with van der Waals surface area (Å²) in [4.78, 5) is 26.5.